The third-order valence-electron chi connectivity index (χ3n) is 2.16. The van der Waals surface area contributed by atoms with E-state index >= 15 is 0 Å². The Bertz CT molecular complexity index is 373. The lowest BCUT2D eigenvalue weighted by molar-refractivity contribution is -0.118. The fourth-order valence-electron chi connectivity index (χ4n) is 1.26. The van der Waals surface area contributed by atoms with E-state index in [0.29, 0.717) is 12.8 Å². The van der Waals surface area contributed by atoms with Gasteiger partial charge in [-0.05, 0) is 19.1 Å². The van der Waals surface area contributed by atoms with Crippen molar-refractivity contribution in [3.8, 4) is 11.8 Å². The highest BCUT2D eigenvalue weighted by Crippen LogP contribution is 2.12. The largest absolute Gasteiger partial charge is 0.315 e. The minimum Gasteiger partial charge on any atom is -0.315 e. The summed E-state index contributed by atoms with van der Waals surface area (Å²) in [5.74, 6) is 5.77. The van der Waals surface area contributed by atoms with Gasteiger partial charge in [-0.1, -0.05) is 18.2 Å². The first kappa shape index (κ1) is 11.3. The van der Waals surface area contributed by atoms with Gasteiger partial charge in [0.2, 0.25) is 5.91 Å². The predicted molar refractivity (Wildman–Crippen MR) is 62.5 cm³/mol. The first-order valence-electron chi connectivity index (χ1n) is 4.97. The molecule has 0 atom stereocenters. The van der Waals surface area contributed by atoms with Crippen LogP contribution in [0, 0.1) is 11.8 Å². The summed E-state index contributed by atoms with van der Waals surface area (Å²) in [5.41, 5.74) is 0.923. The van der Waals surface area contributed by atoms with Crippen molar-refractivity contribution < 1.29 is 4.79 Å². The molecule has 1 rings (SSSR count). The molecule has 0 heterocycles. The summed E-state index contributed by atoms with van der Waals surface area (Å²) in [6.45, 7) is 1.78. The molecule has 0 aromatic heterocycles. The summed E-state index contributed by atoms with van der Waals surface area (Å²) in [6.07, 6.45) is 1.11. The van der Waals surface area contributed by atoms with Crippen molar-refractivity contribution >= 4 is 11.6 Å². The molecule has 2 heteroatoms. The van der Waals surface area contributed by atoms with Crippen LogP contribution in [-0.2, 0) is 4.79 Å². The Kier molecular flexibility index (Phi) is 4.43. The second-order valence-corrected chi connectivity index (χ2v) is 3.22. The van der Waals surface area contributed by atoms with E-state index in [1.54, 1.807) is 18.9 Å². The SMILES string of the molecule is CC#CCCC(=O)N(C)c1ccccc1. The van der Waals surface area contributed by atoms with Crippen molar-refractivity contribution in [2.24, 2.45) is 0 Å². The number of anilines is 1. The van der Waals surface area contributed by atoms with E-state index in [-0.39, 0.29) is 5.91 Å². The molecule has 1 aromatic carbocycles. The molecule has 0 aliphatic rings. The third kappa shape index (κ3) is 3.47. The zero-order chi connectivity index (χ0) is 11.1. The summed E-state index contributed by atoms with van der Waals surface area (Å²) in [5, 5.41) is 0. The Morgan fingerprint density at radius 3 is 2.60 bits per heavy atom. The highest BCUT2D eigenvalue weighted by Gasteiger charge is 2.08. The normalized spacial score (nSPS) is 8.93. The summed E-state index contributed by atoms with van der Waals surface area (Å²) in [7, 11) is 1.79. The molecule has 0 radical (unpaired) electrons. The number of rotatable bonds is 3. The number of hydrogen-bond acceptors (Lipinski definition) is 1. The number of benzene rings is 1. The third-order valence-corrected chi connectivity index (χ3v) is 2.16. The van der Waals surface area contributed by atoms with Crippen molar-refractivity contribution in [1.82, 2.24) is 0 Å². The molecule has 0 saturated carbocycles. The van der Waals surface area contributed by atoms with Crippen LogP contribution in [-0.4, -0.2) is 13.0 Å². The van der Waals surface area contributed by atoms with Crippen molar-refractivity contribution in [3.05, 3.63) is 30.3 Å². The monoisotopic (exact) mass is 201 g/mol. The number of nitrogens with zero attached hydrogens (tertiary/aromatic N) is 1. The zero-order valence-electron chi connectivity index (χ0n) is 9.16. The molecule has 0 spiro atoms. The molecule has 0 aliphatic heterocycles. The van der Waals surface area contributed by atoms with E-state index in [2.05, 4.69) is 11.8 Å². The van der Waals surface area contributed by atoms with Gasteiger partial charge in [0.1, 0.15) is 0 Å². The fraction of sp³-hybridized carbons (Fsp3) is 0.308. The van der Waals surface area contributed by atoms with Gasteiger partial charge in [0.25, 0.3) is 0 Å². The number of carbonyl (C=O) groups excluding carboxylic acids is 1. The van der Waals surface area contributed by atoms with Gasteiger partial charge >= 0.3 is 0 Å². The van der Waals surface area contributed by atoms with E-state index in [0.717, 1.165) is 5.69 Å². The van der Waals surface area contributed by atoms with Gasteiger partial charge in [-0.15, -0.1) is 11.8 Å². The topological polar surface area (TPSA) is 20.3 Å². The van der Waals surface area contributed by atoms with Crippen LogP contribution < -0.4 is 4.90 Å². The van der Waals surface area contributed by atoms with Gasteiger partial charge in [-0.2, -0.15) is 0 Å². The lowest BCUT2D eigenvalue weighted by atomic mass is 10.2. The molecule has 0 saturated heterocycles. The number of para-hydroxylation sites is 1. The Balaban J connectivity index is 2.56. The number of amides is 1. The molecule has 0 unspecified atom stereocenters. The highest BCUT2D eigenvalue weighted by molar-refractivity contribution is 5.92. The van der Waals surface area contributed by atoms with Gasteiger partial charge in [-0.3, -0.25) is 4.79 Å². The molecular weight excluding hydrogens is 186 g/mol. The number of hydrogen-bond donors (Lipinski definition) is 0. The second kappa shape index (κ2) is 5.87. The molecule has 15 heavy (non-hydrogen) atoms. The van der Waals surface area contributed by atoms with Crippen LogP contribution in [0.1, 0.15) is 19.8 Å². The van der Waals surface area contributed by atoms with Crippen LogP contribution in [0.2, 0.25) is 0 Å². The molecule has 78 valence electrons. The summed E-state index contributed by atoms with van der Waals surface area (Å²) < 4.78 is 0. The Morgan fingerprint density at radius 2 is 2.00 bits per heavy atom. The number of carbonyl (C=O) groups is 1. The van der Waals surface area contributed by atoms with Crippen LogP contribution in [0.5, 0.6) is 0 Å². The average molecular weight is 201 g/mol. The van der Waals surface area contributed by atoms with E-state index in [9.17, 15) is 4.79 Å². The minimum atomic E-state index is 0.101. The first-order valence-corrected chi connectivity index (χ1v) is 4.97. The first-order chi connectivity index (χ1) is 7.25. The van der Waals surface area contributed by atoms with E-state index in [4.69, 9.17) is 0 Å². The van der Waals surface area contributed by atoms with Gasteiger partial charge in [0, 0.05) is 25.6 Å². The molecule has 2 nitrogen and oxygen atoms in total. The van der Waals surface area contributed by atoms with Gasteiger partial charge in [0.05, 0.1) is 0 Å². The van der Waals surface area contributed by atoms with Crippen LogP contribution in [0.15, 0.2) is 30.3 Å². The van der Waals surface area contributed by atoms with E-state index < -0.39 is 0 Å². The van der Waals surface area contributed by atoms with Crippen LogP contribution in [0.25, 0.3) is 0 Å². The Morgan fingerprint density at radius 1 is 1.33 bits per heavy atom. The molecule has 0 fully saturated rings. The lowest BCUT2D eigenvalue weighted by Crippen LogP contribution is -2.25. The van der Waals surface area contributed by atoms with Gasteiger partial charge in [0.15, 0.2) is 0 Å². The zero-order valence-corrected chi connectivity index (χ0v) is 9.16. The van der Waals surface area contributed by atoms with Crippen molar-refractivity contribution in [3.63, 3.8) is 0 Å². The maximum absolute atomic E-state index is 11.7. The quantitative estimate of drug-likeness (QED) is 0.688. The maximum Gasteiger partial charge on any atom is 0.227 e. The lowest BCUT2D eigenvalue weighted by Gasteiger charge is -2.16. The molecule has 1 aromatic rings. The average Bonchev–Trinajstić information content (AvgIpc) is 2.29. The van der Waals surface area contributed by atoms with E-state index in [1.807, 2.05) is 30.3 Å². The predicted octanol–water partition coefficient (Wildman–Crippen LogP) is 2.45. The Hall–Kier alpha value is -1.75. The van der Waals surface area contributed by atoms with Crippen molar-refractivity contribution in [1.29, 1.82) is 0 Å². The highest BCUT2D eigenvalue weighted by atomic mass is 16.2. The fourth-order valence-corrected chi connectivity index (χ4v) is 1.26. The molecule has 0 bridgehead atoms. The summed E-state index contributed by atoms with van der Waals surface area (Å²) in [6, 6.07) is 9.62. The minimum absolute atomic E-state index is 0.101. The maximum atomic E-state index is 11.7. The summed E-state index contributed by atoms with van der Waals surface area (Å²) in [4.78, 5) is 13.3. The van der Waals surface area contributed by atoms with Crippen LogP contribution >= 0.6 is 0 Å². The van der Waals surface area contributed by atoms with Crippen molar-refractivity contribution in [2.75, 3.05) is 11.9 Å². The molecule has 0 aliphatic carbocycles. The van der Waals surface area contributed by atoms with Crippen molar-refractivity contribution in [2.45, 2.75) is 19.8 Å². The molecule has 1 amide bonds. The second-order valence-electron chi connectivity index (χ2n) is 3.22. The standard InChI is InChI=1S/C13H15NO/c1-3-4-6-11-13(15)14(2)12-9-7-5-8-10-12/h5,7-10H,6,11H2,1-2H3. The smallest absolute Gasteiger partial charge is 0.227 e. The van der Waals surface area contributed by atoms with Crippen LogP contribution in [0.4, 0.5) is 5.69 Å². The Labute approximate surface area is 90.9 Å². The van der Waals surface area contributed by atoms with Gasteiger partial charge < -0.3 is 4.90 Å². The van der Waals surface area contributed by atoms with Gasteiger partial charge in [-0.25, -0.2) is 0 Å². The van der Waals surface area contributed by atoms with E-state index in [1.165, 1.54) is 0 Å². The summed E-state index contributed by atoms with van der Waals surface area (Å²) >= 11 is 0. The molecule has 0 N–H and O–H groups in total. The molecular formula is C13H15NO. The van der Waals surface area contributed by atoms with Crippen LogP contribution in [0.3, 0.4) is 0 Å².